The molecule has 1 N–H and O–H groups in total. The summed E-state index contributed by atoms with van der Waals surface area (Å²) in [4.78, 5) is 8.10. The molecule has 0 spiro atoms. The highest BCUT2D eigenvalue weighted by Crippen LogP contribution is 2.11. The summed E-state index contributed by atoms with van der Waals surface area (Å²) in [6, 6.07) is 31.6. The maximum Gasteiger partial charge on any atom is 0.227 e. The standard InChI is InChI=1S/C13H12O.C10H9N3.C4H8.C2H6/c1-3-7-12(8-4-1)11-14-13-9-5-2-6-10-13;1-2-5-9(6-3-1)13-10-11-7-4-8-12-10;1-3-4-2;1-2/h1-10H,11H2;1-8H,(H,11,12,13);3-4H,1-2H3;1-2H3/b;;4-3-;. The molecule has 0 saturated carbocycles. The Hall–Kier alpha value is -3.92. The smallest absolute Gasteiger partial charge is 0.227 e. The molecule has 0 amide bonds. The van der Waals surface area contributed by atoms with Gasteiger partial charge in [-0.25, -0.2) is 9.97 Å². The van der Waals surface area contributed by atoms with Crippen molar-refractivity contribution in [3.05, 3.63) is 127 Å². The molecular weight excluding hydrogens is 406 g/mol. The first-order chi connectivity index (χ1) is 16.3. The van der Waals surface area contributed by atoms with E-state index in [0.29, 0.717) is 12.6 Å². The first-order valence-electron chi connectivity index (χ1n) is 11.2. The Morgan fingerprint density at radius 1 is 0.667 bits per heavy atom. The van der Waals surface area contributed by atoms with Crippen LogP contribution in [0.3, 0.4) is 0 Å². The monoisotopic (exact) mass is 441 g/mol. The maximum atomic E-state index is 5.59. The van der Waals surface area contributed by atoms with Gasteiger partial charge in [0.2, 0.25) is 5.95 Å². The number of nitrogens with zero attached hydrogens (tertiary/aromatic N) is 2. The Bertz CT molecular complexity index is 880. The van der Waals surface area contributed by atoms with Gasteiger partial charge in [-0.3, -0.25) is 0 Å². The van der Waals surface area contributed by atoms with Gasteiger partial charge in [0.25, 0.3) is 0 Å². The van der Waals surface area contributed by atoms with Crippen LogP contribution < -0.4 is 10.1 Å². The van der Waals surface area contributed by atoms with Crippen LogP contribution in [-0.2, 0) is 6.61 Å². The van der Waals surface area contributed by atoms with Gasteiger partial charge in [0.05, 0.1) is 0 Å². The molecule has 0 saturated heterocycles. The third-order valence-electron chi connectivity index (χ3n) is 3.92. The number of hydrogen-bond acceptors (Lipinski definition) is 4. The van der Waals surface area contributed by atoms with Crippen molar-refractivity contribution in [2.75, 3.05) is 5.32 Å². The minimum absolute atomic E-state index is 0.619. The number of allylic oxidation sites excluding steroid dienone is 2. The van der Waals surface area contributed by atoms with Crippen molar-refractivity contribution >= 4 is 11.6 Å². The van der Waals surface area contributed by atoms with Crippen molar-refractivity contribution < 1.29 is 4.74 Å². The summed E-state index contributed by atoms with van der Waals surface area (Å²) >= 11 is 0. The number of nitrogens with one attached hydrogen (secondary N) is 1. The molecule has 3 aromatic carbocycles. The number of aromatic nitrogens is 2. The average Bonchev–Trinajstić information content (AvgIpc) is 2.91. The van der Waals surface area contributed by atoms with Crippen molar-refractivity contribution in [2.45, 2.75) is 34.3 Å². The quantitative estimate of drug-likeness (QED) is 0.318. The normalized spacial score (nSPS) is 9.21. The fourth-order valence-corrected chi connectivity index (χ4v) is 2.27. The van der Waals surface area contributed by atoms with Gasteiger partial charge in [-0.2, -0.15) is 0 Å². The van der Waals surface area contributed by atoms with Gasteiger partial charge in [-0.15, -0.1) is 0 Å². The predicted octanol–water partition coefficient (Wildman–Crippen LogP) is 8.09. The van der Waals surface area contributed by atoms with Crippen LogP contribution in [0.25, 0.3) is 0 Å². The van der Waals surface area contributed by atoms with Crippen LogP contribution in [0.15, 0.2) is 122 Å². The van der Waals surface area contributed by atoms with Gasteiger partial charge in [0, 0.05) is 18.1 Å². The second-order valence-electron chi connectivity index (χ2n) is 6.32. The van der Waals surface area contributed by atoms with Gasteiger partial charge in [-0.1, -0.05) is 92.7 Å². The number of para-hydroxylation sites is 2. The molecule has 4 nitrogen and oxygen atoms in total. The molecule has 4 aromatic rings. The molecule has 0 unspecified atom stereocenters. The van der Waals surface area contributed by atoms with Crippen molar-refractivity contribution in [3.63, 3.8) is 0 Å². The van der Waals surface area contributed by atoms with Gasteiger partial charge in [0.1, 0.15) is 12.4 Å². The third kappa shape index (κ3) is 13.2. The Kier molecular flexibility index (Phi) is 15.5. The van der Waals surface area contributed by atoms with E-state index in [9.17, 15) is 0 Å². The molecule has 1 heterocycles. The summed E-state index contributed by atoms with van der Waals surface area (Å²) in [6.07, 6.45) is 7.41. The topological polar surface area (TPSA) is 47.0 Å². The molecule has 0 aliphatic rings. The van der Waals surface area contributed by atoms with Gasteiger partial charge < -0.3 is 10.1 Å². The Labute approximate surface area is 199 Å². The van der Waals surface area contributed by atoms with Crippen LogP contribution in [0.1, 0.15) is 33.3 Å². The fraction of sp³-hybridized carbons (Fsp3) is 0.172. The van der Waals surface area contributed by atoms with Crippen molar-refractivity contribution in [2.24, 2.45) is 0 Å². The van der Waals surface area contributed by atoms with E-state index >= 15 is 0 Å². The molecule has 1 aromatic heterocycles. The Balaban J connectivity index is 0.000000268. The third-order valence-corrected chi connectivity index (χ3v) is 3.92. The lowest BCUT2D eigenvalue weighted by atomic mass is 10.2. The van der Waals surface area contributed by atoms with Crippen molar-refractivity contribution in [1.29, 1.82) is 0 Å². The number of hydrogen-bond donors (Lipinski definition) is 1. The second-order valence-corrected chi connectivity index (χ2v) is 6.32. The number of benzene rings is 3. The molecule has 0 aliphatic heterocycles. The number of anilines is 2. The molecule has 0 bridgehead atoms. The van der Waals surface area contributed by atoms with Crippen LogP contribution in [-0.4, -0.2) is 9.97 Å². The van der Waals surface area contributed by atoms with Gasteiger partial charge in [0.15, 0.2) is 0 Å². The molecule has 4 heteroatoms. The number of rotatable bonds is 5. The summed E-state index contributed by atoms with van der Waals surface area (Å²) in [5.74, 6) is 1.53. The average molecular weight is 442 g/mol. The molecule has 0 atom stereocenters. The van der Waals surface area contributed by atoms with Crippen molar-refractivity contribution in [1.82, 2.24) is 9.97 Å². The first-order valence-corrected chi connectivity index (χ1v) is 11.2. The molecule has 0 fully saturated rings. The van der Waals surface area contributed by atoms with E-state index in [-0.39, 0.29) is 0 Å². The lowest BCUT2D eigenvalue weighted by Gasteiger charge is -2.05. The molecule has 33 heavy (non-hydrogen) atoms. The lowest BCUT2D eigenvalue weighted by Crippen LogP contribution is -1.94. The van der Waals surface area contributed by atoms with Crippen LogP contribution in [0, 0.1) is 0 Å². The van der Waals surface area contributed by atoms with E-state index in [0.717, 1.165) is 11.4 Å². The van der Waals surface area contributed by atoms with Gasteiger partial charge >= 0.3 is 0 Å². The molecule has 0 aliphatic carbocycles. The Morgan fingerprint density at radius 3 is 1.67 bits per heavy atom. The lowest BCUT2D eigenvalue weighted by molar-refractivity contribution is 0.306. The zero-order chi connectivity index (χ0) is 24.0. The largest absolute Gasteiger partial charge is 0.489 e. The zero-order valence-corrected chi connectivity index (χ0v) is 20.1. The highest BCUT2D eigenvalue weighted by Gasteiger charge is 1.93. The van der Waals surface area contributed by atoms with Crippen LogP contribution in [0.5, 0.6) is 5.75 Å². The zero-order valence-electron chi connectivity index (χ0n) is 20.1. The van der Waals surface area contributed by atoms with Gasteiger partial charge in [-0.05, 0) is 49.7 Å². The predicted molar refractivity (Wildman–Crippen MR) is 141 cm³/mol. The summed E-state index contributed by atoms with van der Waals surface area (Å²) in [5.41, 5.74) is 2.19. The SMILES string of the molecule is C/C=C\C.CC.c1ccc(COc2ccccc2)cc1.c1ccc(Nc2ncccn2)cc1. The van der Waals surface area contributed by atoms with Crippen LogP contribution in [0.4, 0.5) is 11.6 Å². The summed E-state index contributed by atoms with van der Waals surface area (Å²) in [6.45, 7) is 8.63. The highest BCUT2D eigenvalue weighted by molar-refractivity contribution is 5.52. The minimum Gasteiger partial charge on any atom is -0.489 e. The van der Waals surface area contributed by atoms with E-state index in [1.54, 1.807) is 18.5 Å². The van der Waals surface area contributed by atoms with E-state index in [1.807, 2.05) is 119 Å². The number of ether oxygens (including phenoxy) is 1. The minimum atomic E-state index is 0.619. The van der Waals surface area contributed by atoms with E-state index in [2.05, 4.69) is 27.4 Å². The van der Waals surface area contributed by atoms with Crippen LogP contribution in [0.2, 0.25) is 0 Å². The maximum absolute atomic E-state index is 5.59. The summed E-state index contributed by atoms with van der Waals surface area (Å²) < 4.78 is 5.59. The van der Waals surface area contributed by atoms with E-state index in [1.165, 1.54) is 5.56 Å². The summed E-state index contributed by atoms with van der Waals surface area (Å²) in [7, 11) is 0. The van der Waals surface area contributed by atoms with Crippen LogP contribution >= 0.6 is 0 Å². The first kappa shape index (κ1) is 27.1. The Morgan fingerprint density at radius 2 is 1.15 bits per heavy atom. The summed E-state index contributed by atoms with van der Waals surface area (Å²) in [5, 5.41) is 3.08. The fourth-order valence-electron chi connectivity index (χ4n) is 2.27. The van der Waals surface area contributed by atoms with E-state index in [4.69, 9.17) is 4.74 Å². The molecular formula is C29H35N3O. The second kappa shape index (κ2) is 18.8. The molecule has 0 radical (unpaired) electrons. The highest BCUT2D eigenvalue weighted by atomic mass is 16.5. The van der Waals surface area contributed by atoms with E-state index < -0.39 is 0 Å². The molecule has 172 valence electrons. The molecule has 4 rings (SSSR count). The van der Waals surface area contributed by atoms with Crippen molar-refractivity contribution in [3.8, 4) is 5.75 Å².